The van der Waals surface area contributed by atoms with Crippen LogP contribution in [0.25, 0.3) is 0 Å². The Labute approximate surface area is 151 Å². The monoisotopic (exact) mass is 359 g/mol. The average Bonchev–Trinajstić information content (AvgIpc) is 2.87. The van der Waals surface area contributed by atoms with Gasteiger partial charge in [0.2, 0.25) is 0 Å². The molecule has 0 aliphatic carbocycles. The molecule has 2 atom stereocenters. The molecule has 2 aromatic rings. The standard InChI is InChI=1S/C19H22FN3OS/c1-25-18-21-10-13(11-22-18)12-23-16-6-7-17(23)9-19(24,8-16)14-2-4-15(20)5-3-14/h2-5,10-11,16-17,24H,6-9,12H2,1H3/t16-,17-/m1/s1. The first-order chi connectivity index (χ1) is 12.1. The molecule has 2 aliphatic heterocycles. The summed E-state index contributed by atoms with van der Waals surface area (Å²) < 4.78 is 13.2. The van der Waals surface area contributed by atoms with Gasteiger partial charge in [-0.3, -0.25) is 4.90 Å². The fourth-order valence-electron chi connectivity index (χ4n) is 4.31. The number of rotatable bonds is 4. The van der Waals surface area contributed by atoms with Gasteiger partial charge in [-0.15, -0.1) is 0 Å². The van der Waals surface area contributed by atoms with Crippen LogP contribution in [0, 0.1) is 5.82 Å². The van der Waals surface area contributed by atoms with Crippen molar-refractivity contribution in [3.63, 3.8) is 0 Å². The molecule has 0 saturated carbocycles. The number of thioether (sulfide) groups is 1. The lowest BCUT2D eigenvalue weighted by atomic mass is 9.80. The molecule has 0 amide bonds. The summed E-state index contributed by atoms with van der Waals surface area (Å²) in [5.41, 5.74) is 1.09. The van der Waals surface area contributed by atoms with Crippen LogP contribution in [0.4, 0.5) is 4.39 Å². The molecule has 6 heteroatoms. The summed E-state index contributed by atoms with van der Waals surface area (Å²) in [5.74, 6) is -0.263. The first-order valence-electron chi connectivity index (χ1n) is 8.66. The molecule has 3 heterocycles. The number of hydrogen-bond acceptors (Lipinski definition) is 5. The third-order valence-corrected chi connectivity index (χ3v) is 6.10. The number of halogens is 1. The quantitative estimate of drug-likeness (QED) is 0.670. The predicted molar refractivity (Wildman–Crippen MR) is 95.7 cm³/mol. The molecular weight excluding hydrogens is 337 g/mol. The van der Waals surface area contributed by atoms with Crippen molar-refractivity contribution in [2.75, 3.05) is 6.26 Å². The highest BCUT2D eigenvalue weighted by molar-refractivity contribution is 7.98. The lowest BCUT2D eigenvalue weighted by Crippen LogP contribution is -2.49. The van der Waals surface area contributed by atoms with Crippen molar-refractivity contribution in [3.05, 3.63) is 53.6 Å². The molecule has 4 nitrogen and oxygen atoms in total. The Morgan fingerprint density at radius 1 is 1.16 bits per heavy atom. The lowest BCUT2D eigenvalue weighted by Gasteiger charge is -2.44. The van der Waals surface area contributed by atoms with E-state index in [0.29, 0.717) is 24.9 Å². The number of nitrogens with zero attached hydrogens (tertiary/aromatic N) is 3. The maximum atomic E-state index is 13.2. The van der Waals surface area contributed by atoms with Crippen molar-refractivity contribution >= 4 is 11.8 Å². The Morgan fingerprint density at radius 2 is 1.76 bits per heavy atom. The van der Waals surface area contributed by atoms with Gasteiger partial charge in [0.1, 0.15) is 5.82 Å². The van der Waals surface area contributed by atoms with Gasteiger partial charge < -0.3 is 5.11 Å². The summed E-state index contributed by atoms with van der Waals surface area (Å²) >= 11 is 1.54. The van der Waals surface area contributed by atoms with Crippen LogP contribution in [0.1, 0.15) is 36.8 Å². The number of aliphatic hydroxyl groups is 1. The molecule has 0 unspecified atom stereocenters. The summed E-state index contributed by atoms with van der Waals surface area (Å²) in [4.78, 5) is 11.2. The fraction of sp³-hybridized carbons (Fsp3) is 0.474. The van der Waals surface area contributed by atoms with Crippen LogP contribution in [-0.4, -0.2) is 38.3 Å². The van der Waals surface area contributed by atoms with E-state index in [2.05, 4.69) is 14.9 Å². The zero-order valence-electron chi connectivity index (χ0n) is 14.2. The molecule has 1 aromatic carbocycles. The van der Waals surface area contributed by atoms with Crippen LogP contribution in [0.2, 0.25) is 0 Å². The zero-order chi connectivity index (χ0) is 17.4. The minimum absolute atomic E-state index is 0.263. The second kappa shape index (κ2) is 6.67. The maximum absolute atomic E-state index is 13.2. The second-order valence-corrected chi connectivity index (χ2v) is 7.86. The van der Waals surface area contributed by atoms with E-state index in [-0.39, 0.29) is 5.82 Å². The van der Waals surface area contributed by atoms with Gasteiger partial charge in [-0.1, -0.05) is 23.9 Å². The normalized spacial score (nSPS) is 29.1. The summed E-state index contributed by atoms with van der Waals surface area (Å²) in [5, 5.41) is 12.0. The molecular formula is C19H22FN3OS. The van der Waals surface area contributed by atoms with E-state index >= 15 is 0 Å². The van der Waals surface area contributed by atoms with Gasteiger partial charge >= 0.3 is 0 Å². The Balaban J connectivity index is 1.50. The van der Waals surface area contributed by atoms with Gasteiger partial charge in [-0.05, 0) is 49.6 Å². The van der Waals surface area contributed by atoms with Crippen molar-refractivity contribution in [2.45, 2.75) is 55.1 Å². The Morgan fingerprint density at radius 3 is 2.32 bits per heavy atom. The van der Waals surface area contributed by atoms with Gasteiger partial charge in [-0.25, -0.2) is 14.4 Å². The van der Waals surface area contributed by atoms with Crippen molar-refractivity contribution in [2.24, 2.45) is 0 Å². The molecule has 2 fully saturated rings. The van der Waals surface area contributed by atoms with Crippen molar-refractivity contribution in [3.8, 4) is 0 Å². The Bertz CT molecular complexity index is 723. The first-order valence-corrected chi connectivity index (χ1v) is 9.89. The van der Waals surface area contributed by atoms with Crippen LogP contribution < -0.4 is 0 Å². The zero-order valence-corrected chi connectivity index (χ0v) is 15.0. The number of benzene rings is 1. The van der Waals surface area contributed by atoms with Gasteiger partial charge in [-0.2, -0.15) is 0 Å². The molecule has 2 bridgehead atoms. The summed E-state index contributed by atoms with van der Waals surface area (Å²) in [6, 6.07) is 7.00. The maximum Gasteiger partial charge on any atom is 0.187 e. The number of piperidine rings is 1. The third-order valence-electron chi connectivity index (χ3n) is 5.53. The van der Waals surface area contributed by atoms with Gasteiger partial charge in [0.05, 0.1) is 5.60 Å². The van der Waals surface area contributed by atoms with Crippen molar-refractivity contribution < 1.29 is 9.50 Å². The van der Waals surface area contributed by atoms with E-state index < -0.39 is 5.60 Å². The van der Waals surface area contributed by atoms with E-state index in [0.717, 1.165) is 35.7 Å². The molecule has 0 spiro atoms. The van der Waals surface area contributed by atoms with Crippen LogP contribution in [0.3, 0.4) is 0 Å². The minimum Gasteiger partial charge on any atom is -0.385 e. The van der Waals surface area contributed by atoms with Gasteiger partial charge in [0.15, 0.2) is 5.16 Å². The smallest absolute Gasteiger partial charge is 0.187 e. The fourth-order valence-corrected chi connectivity index (χ4v) is 4.63. The van der Waals surface area contributed by atoms with E-state index in [9.17, 15) is 9.50 Å². The van der Waals surface area contributed by atoms with E-state index in [1.54, 1.807) is 12.1 Å². The largest absolute Gasteiger partial charge is 0.385 e. The molecule has 1 N–H and O–H groups in total. The van der Waals surface area contributed by atoms with Gasteiger partial charge in [0.25, 0.3) is 0 Å². The van der Waals surface area contributed by atoms with Gasteiger partial charge in [0, 0.05) is 36.6 Å². The molecule has 2 aliphatic rings. The number of fused-ring (bicyclic) bond motifs is 2. The highest BCUT2D eigenvalue weighted by atomic mass is 32.2. The molecule has 25 heavy (non-hydrogen) atoms. The summed E-state index contributed by atoms with van der Waals surface area (Å²) in [7, 11) is 0. The number of hydrogen-bond donors (Lipinski definition) is 1. The molecule has 2 saturated heterocycles. The average molecular weight is 359 g/mol. The molecule has 132 valence electrons. The Hall–Kier alpha value is -1.50. The first kappa shape index (κ1) is 16.9. The predicted octanol–water partition coefficient (Wildman–Crippen LogP) is 3.35. The SMILES string of the molecule is CSc1ncc(CN2[C@@H]3CC[C@@H]2CC(O)(c2ccc(F)cc2)C3)cn1. The third kappa shape index (κ3) is 3.30. The molecule has 1 aromatic heterocycles. The van der Waals surface area contributed by atoms with Crippen LogP contribution in [0.15, 0.2) is 41.8 Å². The number of aromatic nitrogens is 2. The topological polar surface area (TPSA) is 49.2 Å². The second-order valence-electron chi connectivity index (χ2n) is 7.08. The lowest BCUT2D eigenvalue weighted by molar-refractivity contribution is -0.0595. The van der Waals surface area contributed by atoms with Crippen molar-refractivity contribution in [1.82, 2.24) is 14.9 Å². The van der Waals surface area contributed by atoms with E-state index in [1.807, 2.05) is 18.6 Å². The summed E-state index contributed by atoms with van der Waals surface area (Å²) in [6.07, 6.45) is 9.35. The van der Waals surface area contributed by atoms with E-state index in [4.69, 9.17) is 0 Å². The summed E-state index contributed by atoms with van der Waals surface area (Å²) in [6.45, 7) is 0.823. The molecule has 4 rings (SSSR count). The Kier molecular flexibility index (Phi) is 4.52. The highest BCUT2D eigenvalue weighted by Crippen LogP contribution is 2.46. The minimum atomic E-state index is -0.852. The highest BCUT2D eigenvalue weighted by Gasteiger charge is 2.48. The van der Waals surface area contributed by atoms with Crippen LogP contribution in [0.5, 0.6) is 0 Å². The van der Waals surface area contributed by atoms with Crippen molar-refractivity contribution in [1.29, 1.82) is 0 Å². The van der Waals surface area contributed by atoms with E-state index in [1.165, 1.54) is 23.9 Å². The molecule has 0 radical (unpaired) electrons. The van der Waals surface area contributed by atoms with Crippen LogP contribution >= 0.6 is 11.8 Å². The van der Waals surface area contributed by atoms with Crippen LogP contribution in [-0.2, 0) is 12.1 Å².